The molecule has 3 N–H and O–H groups in total. The van der Waals surface area contributed by atoms with Crippen LogP contribution >= 0.6 is 0 Å². The molecule has 0 aliphatic carbocycles. The Labute approximate surface area is 234 Å². The largest absolute Gasteiger partial charge is 0.463 e. The van der Waals surface area contributed by atoms with Gasteiger partial charge in [-0.25, -0.2) is 4.79 Å². The Kier molecular flexibility index (Phi) is 17.5. The maximum atomic E-state index is 12.0. The van der Waals surface area contributed by atoms with E-state index in [2.05, 4.69) is 10.6 Å². The molecule has 1 heterocycles. The van der Waals surface area contributed by atoms with Crippen molar-refractivity contribution in [3.63, 3.8) is 0 Å². The van der Waals surface area contributed by atoms with E-state index < -0.39 is 60.6 Å². The number of nitrogens with one attached hydrogen (secondary N) is 2. The molecule has 1 aliphatic rings. The molecule has 1 saturated heterocycles. The standard InChI is InChI=1S/C26H44N2O12/c1-17(30)28-22-24(39-20(4)33)23(38-19(3)32)21(16-37-18(2)31)40-25(22)35-14-10-8-6-5-7-9-12-27-26(34)36-15-11-13-29/h21-25,29H,5-16H2,1-4H3,(H,27,34)(H,28,30)/t21-,22?,23+,24-,25-/m1/s1. The summed E-state index contributed by atoms with van der Waals surface area (Å²) in [6.07, 6.45) is 0.710. The fraction of sp³-hybridized carbons (Fsp3) is 0.808. The minimum atomic E-state index is -1.16. The zero-order valence-electron chi connectivity index (χ0n) is 23.8. The highest BCUT2D eigenvalue weighted by Crippen LogP contribution is 2.28. The second kappa shape index (κ2) is 20.0. The van der Waals surface area contributed by atoms with Crippen LogP contribution in [0.1, 0.15) is 72.6 Å². The molecular formula is C26H44N2O12. The Morgan fingerprint density at radius 3 is 1.98 bits per heavy atom. The van der Waals surface area contributed by atoms with Crippen LogP contribution in [0.2, 0.25) is 0 Å². The third-order valence-electron chi connectivity index (χ3n) is 5.73. The maximum Gasteiger partial charge on any atom is 0.407 e. The minimum absolute atomic E-state index is 0.0240. The first kappa shape index (κ1) is 35.1. The summed E-state index contributed by atoms with van der Waals surface area (Å²) < 4.78 is 32.6. The van der Waals surface area contributed by atoms with E-state index in [-0.39, 0.29) is 26.4 Å². The lowest BCUT2D eigenvalue weighted by Crippen LogP contribution is -2.66. The second-order valence-corrected chi connectivity index (χ2v) is 9.35. The number of aliphatic hydroxyl groups is 1. The van der Waals surface area contributed by atoms with E-state index in [4.69, 9.17) is 33.5 Å². The molecule has 2 amide bonds. The van der Waals surface area contributed by atoms with Crippen molar-refractivity contribution in [1.82, 2.24) is 10.6 Å². The normalized spacial score (nSPS) is 22.1. The highest BCUT2D eigenvalue weighted by molar-refractivity contribution is 5.73. The van der Waals surface area contributed by atoms with E-state index in [1.807, 2.05) is 0 Å². The summed E-state index contributed by atoms with van der Waals surface area (Å²) in [7, 11) is 0. The molecule has 1 rings (SSSR count). The van der Waals surface area contributed by atoms with Crippen molar-refractivity contribution in [3.8, 4) is 0 Å². The summed E-state index contributed by atoms with van der Waals surface area (Å²) >= 11 is 0. The van der Waals surface area contributed by atoms with Crippen molar-refractivity contribution in [3.05, 3.63) is 0 Å². The van der Waals surface area contributed by atoms with Crippen molar-refractivity contribution in [2.45, 2.75) is 103 Å². The van der Waals surface area contributed by atoms with Crippen molar-refractivity contribution in [2.24, 2.45) is 0 Å². The summed E-state index contributed by atoms with van der Waals surface area (Å²) in [4.78, 5) is 58.5. The summed E-state index contributed by atoms with van der Waals surface area (Å²) in [5.74, 6) is -2.36. The van der Waals surface area contributed by atoms with E-state index in [1.165, 1.54) is 27.7 Å². The molecule has 1 aliphatic heterocycles. The van der Waals surface area contributed by atoms with Gasteiger partial charge in [-0.05, 0) is 12.8 Å². The fourth-order valence-electron chi connectivity index (χ4n) is 4.04. The number of hydrogen-bond donors (Lipinski definition) is 3. The van der Waals surface area contributed by atoms with Gasteiger partial charge in [0.25, 0.3) is 0 Å². The van der Waals surface area contributed by atoms with Gasteiger partial charge in [0.15, 0.2) is 18.5 Å². The van der Waals surface area contributed by atoms with Gasteiger partial charge in [-0.1, -0.05) is 25.7 Å². The fourth-order valence-corrected chi connectivity index (χ4v) is 4.04. The van der Waals surface area contributed by atoms with E-state index in [0.29, 0.717) is 19.4 Å². The Hall–Kier alpha value is -2.97. The third-order valence-corrected chi connectivity index (χ3v) is 5.73. The van der Waals surface area contributed by atoms with Crippen LogP contribution in [0.3, 0.4) is 0 Å². The molecule has 0 saturated carbocycles. The van der Waals surface area contributed by atoms with Crippen LogP contribution in [0.5, 0.6) is 0 Å². The topological polar surface area (TPSA) is 185 Å². The number of amides is 2. The number of hydrogen-bond acceptors (Lipinski definition) is 12. The van der Waals surface area contributed by atoms with Gasteiger partial charge in [0.2, 0.25) is 5.91 Å². The first-order chi connectivity index (χ1) is 19.0. The van der Waals surface area contributed by atoms with Crippen molar-refractivity contribution in [2.75, 3.05) is 33.0 Å². The highest BCUT2D eigenvalue weighted by Gasteiger charge is 2.51. The van der Waals surface area contributed by atoms with Gasteiger partial charge in [0.1, 0.15) is 18.8 Å². The number of aliphatic hydroxyl groups excluding tert-OH is 1. The van der Waals surface area contributed by atoms with E-state index in [0.717, 1.165) is 32.1 Å². The lowest BCUT2D eigenvalue weighted by Gasteiger charge is -2.44. The molecule has 14 heteroatoms. The molecule has 1 unspecified atom stereocenters. The number of esters is 3. The molecule has 0 radical (unpaired) electrons. The molecule has 0 bridgehead atoms. The molecule has 0 aromatic carbocycles. The number of unbranched alkanes of at least 4 members (excludes halogenated alkanes) is 5. The Balaban J connectivity index is 2.61. The molecule has 40 heavy (non-hydrogen) atoms. The summed E-state index contributed by atoms with van der Waals surface area (Å²) in [5, 5.41) is 14.0. The quantitative estimate of drug-likeness (QED) is 0.120. The average molecular weight is 577 g/mol. The molecule has 0 spiro atoms. The number of rotatable bonds is 18. The van der Waals surface area contributed by atoms with Crippen LogP contribution in [-0.2, 0) is 47.6 Å². The van der Waals surface area contributed by atoms with Crippen LogP contribution in [-0.4, -0.2) is 98.6 Å². The SMILES string of the molecule is CC(=O)NC1[C@H](OCCCCCCCCNC(=O)OCCCO)O[C@H](COC(C)=O)[C@H](OC(C)=O)[C@@H]1OC(C)=O. The molecule has 5 atom stereocenters. The summed E-state index contributed by atoms with van der Waals surface area (Å²) in [6, 6.07) is -0.984. The van der Waals surface area contributed by atoms with Crippen LogP contribution < -0.4 is 10.6 Å². The molecule has 1 fully saturated rings. The van der Waals surface area contributed by atoms with E-state index in [1.54, 1.807) is 0 Å². The zero-order chi connectivity index (χ0) is 29.9. The molecule has 230 valence electrons. The minimum Gasteiger partial charge on any atom is -0.463 e. The Morgan fingerprint density at radius 2 is 1.38 bits per heavy atom. The lowest BCUT2D eigenvalue weighted by atomic mass is 9.96. The Bertz CT molecular complexity index is 809. The number of carbonyl (C=O) groups is 5. The van der Waals surface area contributed by atoms with Gasteiger partial charge in [-0.3, -0.25) is 19.2 Å². The van der Waals surface area contributed by atoms with Crippen molar-refractivity contribution in [1.29, 1.82) is 0 Å². The predicted octanol–water partition coefficient (Wildman–Crippen LogP) is 1.11. The first-order valence-corrected chi connectivity index (χ1v) is 13.6. The molecule has 14 nitrogen and oxygen atoms in total. The van der Waals surface area contributed by atoms with Gasteiger partial charge < -0.3 is 44.2 Å². The average Bonchev–Trinajstić information content (AvgIpc) is 2.86. The van der Waals surface area contributed by atoms with Crippen molar-refractivity contribution < 1.29 is 57.5 Å². The third kappa shape index (κ3) is 15.0. The lowest BCUT2D eigenvalue weighted by molar-refractivity contribution is -0.277. The first-order valence-electron chi connectivity index (χ1n) is 13.6. The monoisotopic (exact) mass is 576 g/mol. The van der Waals surface area contributed by atoms with Gasteiger partial charge in [0, 0.05) is 53.9 Å². The summed E-state index contributed by atoms with van der Waals surface area (Å²) in [5.41, 5.74) is 0. The second-order valence-electron chi connectivity index (χ2n) is 9.35. The van der Waals surface area contributed by atoms with Gasteiger partial charge in [-0.2, -0.15) is 0 Å². The van der Waals surface area contributed by atoms with Crippen LogP contribution in [0.15, 0.2) is 0 Å². The van der Waals surface area contributed by atoms with Crippen LogP contribution in [0, 0.1) is 0 Å². The number of alkyl carbamates (subject to hydrolysis) is 1. The smallest absolute Gasteiger partial charge is 0.407 e. The van der Waals surface area contributed by atoms with Crippen LogP contribution in [0.25, 0.3) is 0 Å². The maximum absolute atomic E-state index is 12.0. The van der Waals surface area contributed by atoms with Crippen LogP contribution in [0.4, 0.5) is 4.79 Å². The zero-order valence-corrected chi connectivity index (χ0v) is 23.8. The van der Waals surface area contributed by atoms with E-state index in [9.17, 15) is 24.0 Å². The van der Waals surface area contributed by atoms with Gasteiger partial charge in [0.05, 0.1) is 6.61 Å². The molecule has 0 aromatic heterocycles. The van der Waals surface area contributed by atoms with Gasteiger partial charge in [-0.15, -0.1) is 0 Å². The predicted molar refractivity (Wildman–Crippen MR) is 139 cm³/mol. The Morgan fingerprint density at radius 1 is 0.750 bits per heavy atom. The highest BCUT2D eigenvalue weighted by atomic mass is 16.7. The van der Waals surface area contributed by atoms with E-state index >= 15 is 0 Å². The number of ether oxygens (including phenoxy) is 6. The van der Waals surface area contributed by atoms with Crippen molar-refractivity contribution >= 4 is 29.9 Å². The summed E-state index contributed by atoms with van der Waals surface area (Å²) in [6.45, 7) is 5.52. The molecule has 0 aromatic rings. The number of carbonyl (C=O) groups excluding carboxylic acids is 5. The molecular weight excluding hydrogens is 532 g/mol. The van der Waals surface area contributed by atoms with Gasteiger partial charge >= 0.3 is 24.0 Å².